The Labute approximate surface area is 169 Å². The number of anilines is 1. The fourth-order valence-corrected chi connectivity index (χ4v) is 2.05. The Morgan fingerprint density at radius 2 is 1.88 bits per heavy atom. The molecule has 0 saturated heterocycles. The minimum Gasteiger partial charge on any atom is -0.488 e. The molecule has 0 fully saturated rings. The van der Waals surface area contributed by atoms with E-state index in [1.165, 1.54) is 12.5 Å². The van der Waals surface area contributed by atoms with Crippen molar-refractivity contribution >= 4 is 17.8 Å². The molecule has 0 spiro atoms. The van der Waals surface area contributed by atoms with Crippen LogP contribution in [0.5, 0.6) is 0 Å². The fraction of sp³-hybridized carbons (Fsp3) is 0.333. The first-order chi connectivity index (χ1) is 10.6. The first-order valence-corrected chi connectivity index (χ1v) is 7.49. The average molecular weight is 408 g/mol. The summed E-state index contributed by atoms with van der Waals surface area (Å²) >= 11 is 0. The molecule has 129 valence electrons. The Hall–Kier alpha value is -1.30. The van der Waals surface area contributed by atoms with Crippen LogP contribution in [-0.2, 0) is 42.2 Å². The number of allylic oxidation sites excluding steroid dienone is 3. The molecule has 5 nitrogen and oxygen atoms in total. The van der Waals surface area contributed by atoms with Gasteiger partial charge < -0.3 is 15.5 Å². The molecule has 1 atom stereocenters. The molecule has 0 aromatic heterocycles. The van der Waals surface area contributed by atoms with Crippen molar-refractivity contribution < 1.29 is 53.1 Å². The van der Waals surface area contributed by atoms with Crippen molar-refractivity contribution in [1.29, 1.82) is 0 Å². The minimum absolute atomic E-state index is 0. The van der Waals surface area contributed by atoms with Crippen LogP contribution in [0.4, 0.5) is 5.69 Å². The number of carbonyl (C=O) groups is 1. The van der Waals surface area contributed by atoms with Gasteiger partial charge in [0.2, 0.25) is 0 Å². The molecule has 0 saturated carbocycles. The van der Waals surface area contributed by atoms with E-state index in [4.69, 9.17) is 10.1 Å². The topological polar surface area (TPSA) is 95.4 Å². The Bertz CT molecular complexity index is 551. The minimum atomic E-state index is -0.504. The number of nitrogens with two attached hydrogens (primary N) is 1. The number of amides is 1. The first kappa shape index (κ1) is 25.0. The van der Waals surface area contributed by atoms with Gasteiger partial charge in [0, 0.05) is 44.5 Å². The van der Waals surface area contributed by atoms with E-state index in [1.807, 2.05) is 39.0 Å². The molecule has 24 heavy (non-hydrogen) atoms. The van der Waals surface area contributed by atoms with Crippen LogP contribution in [-0.4, -0.2) is 23.7 Å². The van der Waals surface area contributed by atoms with Crippen LogP contribution in [0.1, 0.15) is 30.9 Å². The molecule has 1 aromatic carbocycles. The van der Waals surface area contributed by atoms with Crippen LogP contribution in [0.25, 0.3) is 0 Å². The molecule has 1 rings (SSSR count). The number of nitrogens with one attached hydrogen (secondary N) is 1. The van der Waals surface area contributed by atoms with Crippen molar-refractivity contribution in [3.63, 3.8) is 0 Å². The van der Waals surface area contributed by atoms with Gasteiger partial charge in [-0.1, -0.05) is 37.6 Å². The molecular weight excluding hydrogens is 381 g/mol. The summed E-state index contributed by atoms with van der Waals surface area (Å²) in [5.41, 5.74) is 2.94. The van der Waals surface area contributed by atoms with E-state index in [2.05, 4.69) is 5.32 Å². The average Bonchev–Trinajstić information content (AvgIpc) is 2.49. The third kappa shape index (κ3) is 8.53. The van der Waals surface area contributed by atoms with Crippen molar-refractivity contribution in [3.05, 3.63) is 53.8 Å². The number of ether oxygens (including phenoxy) is 1. The van der Waals surface area contributed by atoms with E-state index in [-0.39, 0.29) is 44.1 Å². The standard InChI is InChI=1S/C18H24N2O2.H2O.Y/c1-4-9-16(22-13-7-5-6-12-19)18(21)20-17-14(2)10-8-11-15(17)3;;/h5-8,10-13,16,19H,4,9H2,1-3H3,(H,20,21);1H2;/p+1/b6-5-,13-7-,19-12?;;. The summed E-state index contributed by atoms with van der Waals surface area (Å²) in [5.74, 6) is -0.127. The molecule has 1 radical (unpaired) electrons. The van der Waals surface area contributed by atoms with Crippen LogP contribution >= 0.6 is 0 Å². The summed E-state index contributed by atoms with van der Waals surface area (Å²) in [6, 6.07) is 5.93. The molecule has 0 heterocycles. The number of rotatable bonds is 8. The second-order valence-electron chi connectivity index (χ2n) is 5.08. The smallest absolute Gasteiger partial charge is 0.265 e. The quantitative estimate of drug-likeness (QED) is 0.387. The molecule has 6 heteroatoms. The Morgan fingerprint density at radius 3 is 2.42 bits per heavy atom. The van der Waals surface area contributed by atoms with Gasteiger partial charge in [-0.05, 0) is 37.5 Å². The Balaban J connectivity index is 0. The second kappa shape index (κ2) is 14.1. The number of aryl methyl sites for hydroxylation is 2. The van der Waals surface area contributed by atoms with E-state index < -0.39 is 6.10 Å². The van der Waals surface area contributed by atoms with E-state index >= 15 is 0 Å². The molecule has 0 aliphatic rings. The summed E-state index contributed by atoms with van der Waals surface area (Å²) in [7, 11) is 0. The number of hydrogen-bond acceptors (Lipinski definition) is 2. The summed E-state index contributed by atoms with van der Waals surface area (Å²) in [5, 5.41) is 8.20. The van der Waals surface area contributed by atoms with Gasteiger partial charge in [0.25, 0.3) is 5.91 Å². The van der Waals surface area contributed by atoms with Gasteiger partial charge in [-0.15, -0.1) is 0 Å². The van der Waals surface area contributed by atoms with Crippen LogP contribution in [0.2, 0.25) is 0 Å². The van der Waals surface area contributed by atoms with Gasteiger partial charge in [0.15, 0.2) is 12.3 Å². The van der Waals surface area contributed by atoms with Crippen LogP contribution in [0.3, 0.4) is 0 Å². The molecule has 0 aliphatic carbocycles. The molecule has 0 aliphatic heterocycles. The van der Waals surface area contributed by atoms with Crippen molar-refractivity contribution in [2.75, 3.05) is 5.32 Å². The van der Waals surface area contributed by atoms with E-state index in [1.54, 1.807) is 18.2 Å². The van der Waals surface area contributed by atoms with Gasteiger partial charge in [0.05, 0.1) is 6.26 Å². The van der Waals surface area contributed by atoms with Gasteiger partial charge >= 0.3 is 0 Å². The van der Waals surface area contributed by atoms with Gasteiger partial charge in [0.1, 0.15) is 0 Å². The SMILES string of the molecule is CCCC(O/C=C\C=C/C=[NH2+])C(=O)Nc1c(C)cccc1C.O.[Y]. The maximum atomic E-state index is 12.4. The fourth-order valence-electron chi connectivity index (χ4n) is 2.05. The van der Waals surface area contributed by atoms with Crippen LogP contribution in [0, 0.1) is 13.8 Å². The van der Waals surface area contributed by atoms with Crippen molar-refractivity contribution in [3.8, 4) is 0 Å². The second-order valence-corrected chi connectivity index (χ2v) is 5.08. The van der Waals surface area contributed by atoms with Crippen LogP contribution < -0.4 is 10.7 Å². The number of benzene rings is 1. The zero-order valence-corrected chi connectivity index (χ0v) is 17.4. The first-order valence-electron chi connectivity index (χ1n) is 7.49. The number of para-hydroxylation sites is 1. The zero-order valence-electron chi connectivity index (χ0n) is 14.6. The van der Waals surface area contributed by atoms with Crippen molar-refractivity contribution in [2.45, 2.75) is 39.7 Å². The third-order valence-corrected chi connectivity index (χ3v) is 3.23. The normalized spacial score (nSPS) is 11.5. The molecule has 5 N–H and O–H groups in total. The molecule has 1 unspecified atom stereocenters. The molecule has 1 aromatic rings. The summed E-state index contributed by atoms with van der Waals surface area (Å²) in [4.78, 5) is 12.4. The monoisotopic (exact) mass is 408 g/mol. The maximum absolute atomic E-state index is 12.4. The molecule has 0 bridgehead atoms. The third-order valence-electron chi connectivity index (χ3n) is 3.23. The predicted octanol–water partition coefficient (Wildman–Crippen LogP) is 1.50. The molecule has 1 amide bonds. The van der Waals surface area contributed by atoms with E-state index in [0.717, 1.165) is 23.2 Å². The van der Waals surface area contributed by atoms with Gasteiger partial charge in [-0.3, -0.25) is 10.2 Å². The van der Waals surface area contributed by atoms with Crippen LogP contribution in [0.15, 0.2) is 42.7 Å². The van der Waals surface area contributed by atoms with E-state index in [9.17, 15) is 4.79 Å². The van der Waals surface area contributed by atoms with Gasteiger partial charge in [-0.25, -0.2) is 0 Å². The summed E-state index contributed by atoms with van der Waals surface area (Å²) in [6.07, 6.45) is 9.11. The number of hydrogen-bond donors (Lipinski definition) is 2. The largest absolute Gasteiger partial charge is 0.488 e. The summed E-state index contributed by atoms with van der Waals surface area (Å²) < 4.78 is 5.54. The Kier molecular flexibility index (Phi) is 14.6. The molecular formula is C18H27N2O3Y+. The number of carbonyl (C=O) groups excluding carboxylic acids is 1. The van der Waals surface area contributed by atoms with Gasteiger partial charge in [-0.2, -0.15) is 0 Å². The summed E-state index contributed by atoms with van der Waals surface area (Å²) in [6.45, 7) is 5.98. The predicted molar refractivity (Wildman–Crippen MR) is 94.2 cm³/mol. The maximum Gasteiger partial charge on any atom is 0.265 e. The zero-order chi connectivity index (χ0) is 16.4. The Morgan fingerprint density at radius 1 is 1.25 bits per heavy atom. The van der Waals surface area contributed by atoms with Crippen molar-refractivity contribution in [1.82, 2.24) is 0 Å². The van der Waals surface area contributed by atoms with E-state index in [0.29, 0.717) is 6.42 Å². The van der Waals surface area contributed by atoms with Crippen molar-refractivity contribution in [2.24, 2.45) is 0 Å².